The molecule has 0 bridgehead atoms. The number of ether oxygens (including phenoxy) is 2. The average molecular weight is 452 g/mol. The van der Waals surface area contributed by atoms with Crippen LogP contribution in [0.1, 0.15) is 26.5 Å². The van der Waals surface area contributed by atoms with Gasteiger partial charge in [-0.3, -0.25) is 0 Å². The van der Waals surface area contributed by atoms with Crippen LogP contribution in [0.15, 0.2) is 84.9 Å². The zero-order valence-corrected chi connectivity index (χ0v) is 18.8. The van der Waals surface area contributed by atoms with Crippen molar-refractivity contribution in [1.29, 1.82) is 0 Å². The Morgan fingerprint density at radius 3 is 2.48 bits per heavy atom. The minimum absolute atomic E-state index is 0.342. The molecule has 4 nitrogen and oxygen atoms in total. The van der Waals surface area contributed by atoms with Crippen molar-refractivity contribution in [2.24, 2.45) is 0 Å². The maximum Gasteiger partial charge on any atom is 0.337 e. The second-order valence-electron chi connectivity index (χ2n) is 7.57. The van der Waals surface area contributed by atoms with Crippen molar-refractivity contribution < 1.29 is 14.3 Å². The number of hydrogen-bond acceptors (Lipinski definition) is 5. The predicted molar refractivity (Wildman–Crippen MR) is 135 cm³/mol. The van der Waals surface area contributed by atoms with Crippen molar-refractivity contribution in [3.05, 3.63) is 107 Å². The summed E-state index contributed by atoms with van der Waals surface area (Å²) in [5.41, 5.74) is 3.64. The molecule has 0 aliphatic rings. The highest BCUT2D eigenvalue weighted by molar-refractivity contribution is 7.19. The van der Waals surface area contributed by atoms with Gasteiger partial charge >= 0.3 is 5.97 Å². The highest BCUT2D eigenvalue weighted by atomic mass is 32.1. The van der Waals surface area contributed by atoms with Crippen LogP contribution >= 0.6 is 11.3 Å². The lowest BCUT2D eigenvalue weighted by Crippen LogP contribution is -2.01. The Hall–Kier alpha value is -3.96. The average Bonchev–Trinajstić information content (AvgIpc) is 3.30. The molecule has 0 fully saturated rings. The second kappa shape index (κ2) is 9.27. The Morgan fingerprint density at radius 1 is 0.909 bits per heavy atom. The number of hydrogen-bond donors (Lipinski definition) is 0. The number of aromatic nitrogens is 1. The Kier molecular flexibility index (Phi) is 5.87. The first-order chi connectivity index (χ1) is 16.2. The van der Waals surface area contributed by atoms with E-state index in [1.165, 1.54) is 22.6 Å². The van der Waals surface area contributed by atoms with E-state index in [1.54, 1.807) is 23.5 Å². The lowest BCUT2D eigenvalue weighted by Gasteiger charge is -2.07. The van der Waals surface area contributed by atoms with Crippen LogP contribution in [0.4, 0.5) is 0 Å². The van der Waals surface area contributed by atoms with E-state index in [0.717, 1.165) is 27.4 Å². The van der Waals surface area contributed by atoms with Gasteiger partial charge in [0.05, 0.1) is 22.9 Å². The minimum Gasteiger partial charge on any atom is -0.489 e. The van der Waals surface area contributed by atoms with Crippen molar-refractivity contribution in [2.45, 2.75) is 6.61 Å². The van der Waals surface area contributed by atoms with Crippen molar-refractivity contribution in [3.63, 3.8) is 0 Å². The van der Waals surface area contributed by atoms with Gasteiger partial charge in [0.15, 0.2) is 0 Å². The molecule has 5 aromatic rings. The molecular formula is C28H21NO3S. The van der Waals surface area contributed by atoms with Crippen LogP contribution in [0.3, 0.4) is 0 Å². The van der Waals surface area contributed by atoms with E-state index in [4.69, 9.17) is 14.5 Å². The molecule has 1 aromatic heterocycles. The van der Waals surface area contributed by atoms with Gasteiger partial charge in [-0.25, -0.2) is 9.78 Å². The zero-order chi connectivity index (χ0) is 22.6. The molecule has 4 aromatic carbocycles. The summed E-state index contributed by atoms with van der Waals surface area (Å²) in [5.74, 6) is 0.445. The van der Waals surface area contributed by atoms with Crippen LogP contribution in [0, 0.1) is 0 Å². The van der Waals surface area contributed by atoms with Crippen molar-refractivity contribution in [1.82, 2.24) is 4.98 Å². The van der Waals surface area contributed by atoms with Gasteiger partial charge in [-0.05, 0) is 52.9 Å². The highest BCUT2D eigenvalue weighted by Gasteiger charge is 2.06. The minimum atomic E-state index is -0.342. The predicted octanol–water partition coefficient (Wildman–Crippen LogP) is 6.99. The van der Waals surface area contributed by atoms with Gasteiger partial charge < -0.3 is 9.47 Å². The molecule has 0 spiro atoms. The molecule has 0 saturated carbocycles. The quantitative estimate of drug-likeness (QED) is 0.261. The zero-order valence-electron chi connectivity index (χ0n) is 18.0. The maximum atomic E-state index is 11.5. The fourth-order valence-corrected chi connectivity index (χ4v) is 4.50. The third kappa shape index (κ3) is 4.64. The fraction of sp³-hybridized carbons (Fsp3) is 0.0714. The number of carbonyl (C=O) groups is 1. The molecule has 33 heavy (non-hydrogen) atoms. The molecule has 1 heterocycles. The standard InChI is InChI=1S/C28H21NO3S/c1-31-28(30)22-11-6-20(7-12-22)18-32-23-14-8-19(9-15-23)10-17-26-29-27-24-5-3-2-4-21(24)13-16-25(27)33-26/h2-17H,18H2,1H3. The molecule has 0 aliphatic heterocycles. The Balaban J connectivity index is 1.24. The van der Waals surface area contributed by atoms with Crippen molar-refractivity contribution in [3.8, 4) is 5.75 Å². The maximum absolute atomic E-state index is 11.5. The van der Waals surface area contributed by atoms with E-state index in [0.29, 0.717) is 12.2 Å². The van der Waals surface area contributed by atoms with Crippen LogP contribution in [-0.4, -0.2) is 18.1 Å². The summed E-state index contributed by atoms with van der Waals surface area (Å²) in [7, 11) is 1.37. The molecule has 0 atom stereocenters. The number of esters is 1. The van der Waals surface area contributed by atoms with Gasteiger partial charge in [0.25, 0.3) is 0 Å². The van der Waals surface area contributed by atoms with Gasteiger partial charge in [0, 0.05) is 5.39 Å². The first kappa shape index (κ1) is 20.9. The van der Waals surface area contributed by atoms with Crippen LogP contribution in [-0.2, 0) is 11.3 Å². The highest BCUT2D eigenvalue weighted by Crippen LogP contribution is 2.30. The second-order valence-corrected chi connectivity index (χ2v) is 8.63. The Bertz CT molecular complexity index is 1450. The largest absolute Gasteiger partial charge is 0.489 e. The van der Waals surface area contributed by atoms with Gasteiger partial charge in [-0.1, -0.05) is 60.7 Å². The molecule has 5 heteroatoms. The van der Waals surface area contributed by atoms with E-state index in [-0.39, 0.29) is 5.97 Å². The summed E-state index contributed by atoms with van der Waals surface area (Å²) in [4.78, 5) is 16.4. The summed E-state index contributed by atoms with van der Waals surface area (Å²) in [6.07, 6.45) is 4.12. The SMILES string of the molecule is COC(=O)c1ccc(COc2ccc(C=Cc3nc4c(ccc5ccccc54)s3)cc2)cc1. The molecule has 5 rings (SSSR count). The normalized spacial score (nSPS) is 11.3. The topological polar surface area (TPSA) is 48.4 Å². The van der Waals surface area contributed by atoms with Gasteiger partial charge in [0.1, 0.15) is 17.4 Å². The molecule has 0 amide bonds. The number of carbonyl (C=O) groups excluding carboxylic acids is 1. The molecule has 0 radical (unpaired) electrons. The number of nitrogens with zero attached hydrogens (tertiary/aromatic N) is 1. The molecule has 0 aliphatic carbocycles. The Labute approximate surface area is 195 Å². The third-order valence-corrected chi connectivity index (χ3v) is 6.36. The lowest BCUT2D eigenvalue weighted by atomic mass is 10.1. The summed E-state index contributed by atoms with van der Waals surface area (Å²) in [6, 6.07) is 27.8. The van der Waals surface area contributed by atoms with Crippen molar-refractivity contribution in [2.75, 3.05) is 7.11 Å². The van der Waals surface area contributed by atoms with Crippen molar-refractivity contribution >= 4 is 50.4 Å². The molecule has 0 unspecified atom stereocenters. The third-order valence-electron chi connectivity index (χ3n) is 5.38. The number of benzene rings is 4. The smallest absolute Gasteiger partial charge is 0.337 e. The number of rotatable bonds is 6. The van der Waals surface area contributed by atoms with E-state index in [2.05, 4.69) is 48.6 Å². The summed E-state index contributed by atoms with van der Waals surface area (Å²) in [6.45, 7) is 0.427. The lowest BCUT2D eigenvalue weighted by molar-refractivity contribution is 0.0600. The van der Waals surface area contributed by atoms with Crippen LogP contribution in [0.5, 0.6) is 5.75 Å². The monoisotopic (exact) mass is 451 g/mol. The first-order valence-corrected chi connectivity index (χ1v) is 11.4. The van der Waals surface area contributed by atoms with Gasteiger partial charge in [0.2, 0.25) is 0 Å². The van der Waals surface area contributed by atoms with Gasteiger partial charge in [-0.2, -0.15) is 0 Å². The van der Waals surface area contributed by atoms with E-state index >= 15 is 0 Å². The number of methoxy groups -OCH3 is 1. The van der Waals surface area contributed by atoms with Gasteiger partial charge in [-0.15, -0.1) is 11.3 Å². The van der Waals surface area contributed by atoms with Crippen LogP contribution in [0.25, 0.3) is 33.1 Å². The molecule has 162 valence electrons. The number of thiazole rings is 1. The van der Waals surface area contributed by atoms with E-state index in [9.17, 15) is 4.79 Å². The summed E-state index contributed by atoms with van der Waals surface area (Å²) >= 11 is 1.69. The summed E-state index contributed by atoms with van der Waals surface area (Å²) < 4.78 is 11.8. The summed E-state index contributed by atoms with van der Waals surface area (Å²) in [5, 5.41) is 3.38. The van der Waals surface area contributed by atoms with E-state index in [1.807, 2.05) is 36.4 Å². The van der Waals surface area contributed by atoms with Crippen LogP contribution < -0.4 is 4.74 Å². The fourth-order valence-electron chi connectivity index (χ4n) is 3.61. The van der Waals surface area contributed by atoms with E-state index < -0.39 is 0 Å². The first-order valence-electron chi connectivity index (χ1n) is 10.6. The Morgan fingerprint density at radius 2 is 1.70 bits per heavy atom. The molecule has 0 N–H and O–H groups in total. The molecule has 0 saturated heterocycles. The number of fused-ring (bicyclic) bond motifs is 3. The molecular weight excluding hydrogens is 430 g/mol. The van der Waals surface area contributed by atoms with Crippen LogP contribution in [0.2, 0.25) is 0 Å².